The molecule has 0 aliphatic heterocycles. The molecule has 14 heavy (non-hydrogen) atoms. The first-order valence-corrected chi connectivity index (χ1v) is 5.83. The van der Waals surface area contributed by atoms with Gasteiger partial charge in [0.2, 0.25) is 0 Å². The minimum absolute atomic E-state index is 0.535. The van der Waals surface area contributed by atoms with Crippen molar-refractivity contribution < 1.29 is 0 Å². The monoisotopic (exact) mass is 223 g/mol. The summed E-state index contributed by atoms with van der Waals surface area (Å²) in [5.74, 6) is 0.535. The molecule has 2 rings (SSSR count). The van der Waals surface area contributed by atoms with E-state index in [1.54, 1.807) is 11.3 Å². The molecule has 0 amide bonds. The van der Waals surface area contributed by atoms with Crippen LogP contribution in [0.25, 0.3) is 11.3 Å². The van der Waals surface area contributed by atoms with Crippen molar-refractivity contribution in [3.8, 4) is 11.3 Å². The normalized spacial score (nSPS) is 10.4. The molecule has 72 valence electrons. The molecule has 1 nitrogen and oxygen atoms in total. The van der Waals surface area contributed by atoms with Gasteiger partial charge in [0, 0.05) is 16.8 Å². The van der Waals surface area contributed by atoms with Crippen molar-refractivity contribution >= 4 is 22.9 Å². The molecule has 0 N–H and O–H groups in total. The van der Waals surface area contributed by atoms with E-state index in [1.165, 1.54) is 5.56 Å². The molecule has 1 aromatic carbocycles. The van der Waals surface area contributed by atoms with Gasteiger partial charge in [-0.15, -0.1) is 22.9 Å². The van der Waals surface area contributed by atoms with Crippen LogP contribution in [0.3, 0.4) is 0 Å². The van der Waals surface area contributed by atoms with Crippen molar-refractivity contribution in [1.29, 1.82) is 0 Å². The Morgan fingerprint density at radius 1 is 1.43 bits per heavy atom. The van der Waals surface area contributed by atoms with E-state index in [4.69, 9.17) is 11.6 Å². The average molecular weight is 224 g/mol. The zero-order valence-electron chi connectivity index (χ0n) is 7.83. The number of benzene rings is 1. The predicted molar refractivity (Wildman–Crippen MR) is 61.8 cm³/mol. The first-order valence-electron chi connectivity index (χ1n) is 4.35. The van der Waals surface area contributed by atoms with Crippen molar-refractivity contribution in [3.05, 3.63) is 40.2 Å². The molecule has 0 atom stereocenters. The first-order chi connectivity index (χ1) is 6.81. The third-order valence-electron chi connectivity index (χ3n) is 2.12. The molecule has 0 saturated carbocycles. The summed E-state index contributed by atoms with van der Waals surface area (Å²) in [5, 5.41) is 2.05. The van der Waals surface area contributed by atoms with E-state index in [1.807, 2.05) is 10.9 Å². The summed E-state index contributed by atoms with van der Waals surface area (Å²) in [5.41, 5.74) is 6.40. The molecule has 0 unspecified atom stereocenters. The largest absolute Gasteiger partial charge is 0.245 e. The summed E-state index contributed by atoms with van der Waals surface area (Å²) in [6, 6.07) is 6.28. The smallest absolute Gasteiger partial charge is 0.0814 e. The Morgan fingerprint density at radius 2 is 2.29 bits per heavy atom. The molecule has 0 spiro atoms. The number of thiazole rings is 1. The SMILES string of the molecule is Cc1ccc(CCl)c(-c2cscn2)c1. The Labute approximate surface area is 92.4 Å². The van der Waals surface area contributed by atoms with Crippen LogP contribution in [0.1, 0.15) is 11.1 Å². The molecule has 0 bridgehead atoms. The number of aryl methyl sites for hydroxylation is 1. The van der Waals surface area contributed by atoms with Crippen molar-refractivity contribution in [1.82, 2.24) is 4.98 Å². The second-order valence-electron chi connectivity index (χ2n) is 3.17. The van der Waals surface area contributed by atoms with Gasteiger partial charge in [-0.3, -0.25) is 0 Å². The minimum atomic E-state index is 0.535. The lowest BCUT2D eigenvalue weighted by Crippen LogP contribution is -1.87. The Morgan fingerprint density at radius 3 is 2.93 bits per heavy atom. The quantitative estimate of drug-likeness (QED) is 0.705. The molecule has 0 radical (unpaired) electrons. The highest BCUT2D eigenvalue weighted by Gasteiger charge is 2.05. The summed E-state index contributed by atoms with van der Waals surface area (Å²) < 4.78 is 0. The van der Waals surface area contributed by atoms with Crippen molar-refractivity contribution in [2.24, 2.45) is 0 Å². The van der Waals surface area contributed by atoms with Gasteiger partial charge in [-0.2, -0.15) is 0 Å². The van der Waals surface area contributed by atoms with Crippen molar-refractivity contribution in [2.45, 2.75) is 12.8 Å². The molecule has 0 aliphatic carbocycles. The maximum atomic E-state index is 5.88. The van der Waals surface area contributed by atoms with Crippen LogP contribution in [0, 0.1) is 6.92 Å². The number of hydrogen-bond donors (Lipinski definition) is 0. The maximum absolute atomic E-state index is 5.88. The fourth-order valence-corrected chi connectivity index (χ4v) is 2.18. The van der Waals surface area contributed by atoms with Gasteiger partial charge in [-0.1, -0.05) is 17.7 Å². The molecule has 1 aromatic heterocycles. The van der Waals surface area contributed by atoms with E-state index in [2.05, 4.69) is 30.1 Å². The highest BCUT2D eigenvalue weighted by molar-refractivity contribution is 7.07. The van der Waals surface area contributed by atoms with Gasteiger partial charge in [0.1, 0.15) is 0 Å². The molecule has 1 heterocycles. The van der Waals surface area contributed by atoms with Gasteiger partial charge in [-0.05, 0) is 18.6 Å². The van der Waals surface area contributed by atoms with Crippen LogP contribution in [0.5, 0.6) is 0 Å². The Bertz CT molecular complexity index is 423. The Balaban J connectivity index is 2.55. The maximum Gasteiger partial charge on any atom is 0.0814 e. The predicted octanol–water partition coefficient (Wildman–Crippen LogP) is 3.86. The van der Waals surface area contributed by atoms with Crippen LogP contribution in [-0.4, -0.2) is 4.98 Å². The lowest BCUT2D eigenvalue weighted by molar-refractivity contribution is 1.32. The second kappa shape index (κ2) is 4.11. The topological polar surface area (TPSA) is 12.9 Å². The zero-order valence-corrected chi connectivity index (χ0v) is 9.40. The zero-order chi connectivity index (χ0) is 9.97. The number of aromatic nitrogens is 1. The standard InChI is InChI=1S/C11H10ClNS/c1-8-2-3-9(5-12)10(4-8)11-6-14-7-13-11/h2-4,6-7H,5H2,1H3. The molecule has 3 heteroatoms. The third kappa shape index (κ3) is 1.81. The number of rotatable bonds is 2. The molecule has 0 saturated heterocycles. The van der Waals surface area contributed by atoms with E-state index in [0.717, 1.165) is 16.8 Å². The highest BCUT2D eigenvalue weighted by Crippen LogP contribution is 2.25. The number of alkyl halides is 1. The summed E-state index contributed by atoms with van der Waals surface area (Å²) in [6.45, 7) is 2.08. The fourth-order valence-electron chi connectivity index (χ4n) is 1.39. The van der Waals surface area contributed by atoms with Crippen LogP contribution in [0.4, 0.5) is 0 Å². The average Bonchev–Trinajstić information content (AvgIpc) is 2.70. The van der Waals surface area contributed by atoms with Gasteiger partial charge in [0.15, 0.2) is 0 Å². The van der Waals surface area contributed by atoms with Gasteiger partial charge in [0.05, 0.1) is 11.2 Å². The molecule has 0 fully saturated rings. The van der Waals surface area contributed by atoms with Gasteiger partial charge in [-0.25, -0.2) is 4.98 Å². The van der Waals surface area contributed by atoms with Gasteiger partial charge in [0.25, 0.3) is 0 Å². The summed E-state index contributed by atoms with van der Waals surface area (Å²) in [7, 11) is 0. The van der Waals surface area contributed by atoms with Crippen LogP contribution in [0.15, 0.2) is 29.1 Å². The number of hydrogen-bond acceptors (Lipinski definition) is 2. The lowest BCUT2D eigenvalue weighted by atomic mass is 10.0. The molecular weight excluding hydrogens is 214 g/mol. The van der Waals surface area contributed by atoms with E-state index in [-0.39, 0.29) is 0 Å². The van der Waals surface area contributed by atoms with E-state index in [0.29, 0.717) is 5.88 Å². The molecule has 0 aliphatic rings. The van der Waals surface area contributed by atoms with E-state index >= 15 is 0 Å². The second-order valence-corrected chi connectivity index (χ2v) is 4.15. The Kier molecular flexibility index (Phi) is 2.85. The number of nitrogens with zero attached hydrogens (tertiary/aromatic N) is 1. The van der Waals surface area contributed by atoms with Crippen molar-refractivity contribution in [3.63, 3.8) is 0 Å². The number of halogens is 1. The van der Waals surface area contributed by atoms with Crippen molar-refractivity contribution in [2.75, 3.05) is 0 Å². The van der Waals surface area contributed by atoms with Crippen LogP contribution < -0.4 is 0 Å². The summed E-state index contributed by atoms with van der Waals surface area (Å²) in [4.78, 5) is 4.30. The van der Waals surface area contributed by atoms with E-state index < -0.39 is 0 Å². The summed E-state index contributed by atoms with van der Waals surface area (Å²) >= 11 is 7.48. The Hall–Kier alpha value is -0.860. The molecule has 2 aromatic rings. The third-order valence-corrected chi connectivity index (χ3v) is 2.99. The lowest BCUT2D eigenvalue weighted by Gasteiger charge is -2.05. The van der Waals surface area contributed by atoms with Gasteiger partial charge >= 0.3 is 0 Å². The highest BCUT2D eigenvalue weighted by atomic mass is 35.5. The van der Waals surface area contributed by atoms with Crippen LogP contribution in [-0.2, 0) is 5.88 Å². The minimum Gasteiger partial charge on any atom is -0.245 e. The fraction of sp³-hybridized carbons (Fsp3) is 0.182. The van der Waals surface area contributed by atoms with Crippen LogP contribution >= 0.6 is 22.9 Å². The van der Waals surface area contributed by atoms with Gasteiger partial charge < -0.3 is 0 Å². The summed E-state index contributed by atoms with van der Waals surface area (Å²) in [6.07, 6.45) is 0. The van der Waals surface area contributed by atoms with Crippen LogP contribution in [0.2, 0.25) is 0 Å². The molecular formula is C11H10ClNS. The first kappa shape index (κ1) is 9.69. The van der Waals surface area contributed by atoms with E-state index in [9.17, 15) is 0 Å².